The van der Waals surface area contributed by atoms with E-state index in [1.165, 1.54) is 18.4 Å². The minimum atomic E-state index is 0.195. The molecule has 1 N–H and O–H groups in total. The van der Waals surface area contributed by atoms with Gasteiger partial charge in [0.2, 0.25) is 5.91 Å². The number of hydrogen-bond donors (Lipinski definition) is 1. The molecule has 1 amide bonds. The molecule has 1 atom stereocenters. The Morgan fingerprint density at radius 3 is 2.63 bits per heavy atom. The second-order valence-corrected chi connectivity index (χ2v) is 5.52. The van der Waals surface area contributed by atoms with Gasteiger partial charge in [-0.15, -0.1) is 0 Å². The Bertz CT molecular complexity index is 451. The lowest BCUT2D eigenvalue weighted by Crippen LogP contribution is -2.48. The van der Waals surface area contributed by atoms with Gasteiger partial charge in [0.25, 0.3) is 0 Å². The number of hydrogen-bond acceptors (Lipinski definition) is 3. The van der Waals surface area contributed by atoms with Gasteiger partial charge in [-0.3, -0.25) is 9.69 Å². The van der Waals surface area contributed by atoms with Crippen LogP contribution < -0.4 is 10.2 Å². The van der Waals surface area contributed by atoms with Crippen molar-refractivity contribution < 1.29 is 4.79 Å². The Balaban J connectivity index is 1.73. The average molecular weight is 259 g/mol. The molecule has 0 aromatic heterocycles. The third-order valence-electron chi connectivity index (χ3n) is 4.08. The zero-order chi connectivity index (χ0) is 13.2. The number of benzene rings is 1. The van der Waals surface area contributed by atoms with Crippen molar-refractivity contribution in [3.05, 3.63) is 29.8 Å². The van der Waals surface area contributed by atoms with Gasteiger partial charge in [0, 0.05) is 24.8 Å². The largest absolute Gasteiger partial charge is 0.310 e. The molecule has 2 aliphatic heterocycles. The predicted molar refractivity (Wildman–Crippen MR) is 76.3 cm³/mol. The lowest BCUT2D eigenvalue weighted by molar-refractivity contribution is -0.120. The van der Waals surface area contributed by atoms with E-state index < -0.39 is 0 Å². The van der Waals surface area contributed by atoms with Crippen LogP contribution >= 0.6 is 0 Å². The fraction of sp³-hybridized carbons (Fsp3) is 0.533. The van der Waals surface area contributed by atoms with Crippen molar-refractivity contribution >= 4 is 11.6 Å². The molecule has 2 heterocycles. The van der Waals surface area contributed by atoms with Crippen LogP contribution in [-0.4, -0.2) is 44.0 Å². The third kappa shape index (κ3) is 2.65. The van der Waals surface area contributed by atoms with E-state index in [0.717, 1.165) is 25.3 Å². The maximum atomic E-state index is 12.0. The van der Waals surface area contributed by atoms with Crippen molar-refractivity contribution in [2.75, 3.05) is 38.1 Å². The smallest absolute Gasteiger partial charge is 0.241 e. The molecule has 1 unspecified atom stereocenters. The summed E-state index contributed by atoms with van der Waals surface area (Å²) in [6, 6.07) is 8.97. The molecule has 102 valence electrons. The first-order chi connectivity index (χ1) is 9.24. The molecule has 0 aliphatic carbocycles. The summed E-state index contributed by atoms with van der Waals surface area (Å²) in [4.78, 5) is 16.0. The Kier molecular flexibility index (Phi) is 3.53. The Hall–Kier alpha value is -1.39. The summed E-state index contributed by atoms with van der Waals surface area (Å²) in [6.45, 7) is 3.36. The standard InChI is InChI=1S/C15H21N3O/c1-17-9-10-18(15(19)11-17)13-6-4-12(5-7-13)14-3-2-8-16-14/h4-7,14,16H,2-3,8-11H2,1H3. The van der Waals surface area contributed by atoms with Crippen LogP contribution in [0.5, 0.6) is 0 Å². The minimum absolute atomic E-state index is 0.195. The summed E-state index contributed by atoms with van der Waals surface area (Å²) >= 11 is 0. The number of nitrogens with zero attached hydrogens (tertiary/aromatic N) is 2. The van der Waals surface area contributed by atoms with Crippen LogP contribution in [0, 0.1) is 0 Å². The molecule has 19 heavy (non-hydrogen) atoms. The van der Waals surface area contributed by atoms with Crippen molar-refractivity contribution in [1.82, 2.24) is 10.2 Å². The van der Waals surface area contributed by atoms with Gasteiger partial charge in [0.05, 0.1) is 6.54 Å². The number of carbonyl (C=O) groups excluding carboxylic acids is 1. The second kappa shape index (κ2) is 5.31. The van der Waals surface area contributed by atoms with E-state index in [4.69, 9.17) is 0 Å². The molecule has 0 spiro atoms. The van der Waals surface area contributed by atoms with Crippen LogP contribution in [0.2, 0.25) is 0 Å². The molecule has 1 aromatic carbocycles. The quantitative estimate of drug-likeness (QED) is 0.872. The van der Waals surface area contributed by atoms with Crippen LogP contribution in [0.15, 0.2) is 24.3 Å². The summed E-state index contributed by atoms with van der Waals surface area (Å²) in [5.74, 6) is 0.195. The van der Waals surface area contributed by atoms with E-state index in [0.29, 0.717) is 12.6 Å². The van der Waals surface area contributed by atoms with Gasteiger partial charge >= 0.3 is 0 Å². The van der Waals surface area contributed by atoms with Crippen LogP contribution in [-0.2, 0) is 4.79 Å². The van der Waals surface area contributed by atoms with Crippen molar-refractivity contribution in [3.8, 4) is 0 Å². The number of amides is 1. The zero-order valence-electron chi connectivity index (χ0n) is 11.4. The first-order valence-corrected chi connectivity index (χ1v) is 7.06. The maximum absolute atomic E-state index is 12.0. The topological polar surface area (TPSA) is 35.6 Å². The lowest BCUT2D eigenvalue weighted by Gasteiger charge is -2.32. The van der Waals surface area contributed by atoms with Crippen LogP contribution in [0.4, 0.5) is 5.69 Å². The second-order valence-electron chi connectivity index (χ2n) is 5.52. The van der Waals surface area contributed by atoms with E-state index in [2.05, 4.69) is 34.5 Å². The maximum Gasteiger partial charge on any atom is 0.241 e. The molecule has 4 nitrogen and oxygen atoms in total. The van der Waals surface area contributed by atoms with E-state index in [9.17, 15) is 4.79 Å². The molecule has 3 rings (SSSR count). The average Bonchev–Trinajstić information content (AvgIpc) is 2.93. The molecule has 0 bridgehead atoms. The number of anilines is 1. The zero-order valence-corrected chi connectivity index (χ0v) is 11.4. The number of rotatable bonds is 2. The van der Waals surface area contributed by atoms with E-state index >= 15 is 0 Å². The molecular weight excluding hydrogens is 238 g/mol. The van der Waals surface area contributed by atoms with Gasteiger partial charge < -0.3 is 10.2 Å². The van der Waals surface area contributed by atoms with Crippen LogP contribution in [0.25, 0.3) is 0 Å². The molecule has 2 saturated heterocycles. The van der Waals surface area contributed by atoms with Crippen molar-refractivity contribution in [3.63, 3.8) is 0 Å². The number of likely N-dealkylation sites (N-methyl/N-ethyl adjacent to an activating group) is 1. The Morgan fingerprint density at radius 1 is 1.21 bits per heavy atom. The first-order valence-electron chi connectivity index (χ1n) is 7.06. The highest BCUT2D eigenvalue weighted by Gasteiger charge is 2.23. The predicted octanol–water partition coefficient (Wildman–Crippen LogP) is 1.39. The molecule has 2 aliphatic rings. The summed E-state index contributed by atoms with van der Waals surface area (Å²) < 4.78 is 0. The fourth-order valence-corrected chi connectivity index (χ4v) is 2.92. The molecular formula is C15H21N3O. The fourth-order valence-electron chi connectivity index (χ4n) is 2.92. The molecule has 1 aromatic rings. The summed E-state index contributed by atoms with van der Waals surface area (Å²) in [6.07, 6.45) is 2.47. The summed E-state index contributed by atoms with van der Waals surface area (Å²) in [7, 11) is 1.99. The highest BCUT2D eigenvalue weighted by atomic mass is 16.2. The molecule has 0 radical (unpaired) electrons. The lowest BCUT2D eigenvalue weighted by atomic mass is 10.0. The van der Waals surface area contributed by atoms with Crippen LogP contribution in [0.3, 0.4) is 0 Å². The molecule has 4 heteroatoms. The third-order valence-corrected chi connectivity index (χ3v) is 4.08. The van der Waals surface area contributed by atoms with Crippen molar-refractivity contribution in [1.29, 1.82) is 0 Å². The monoisotopic (exact) mass is 259 g/mol. The van der Waals surface area contributed by atoms with Gasteiger partial charge in [-0.2, -0.15) is 0 Å². The first kappa shape index (κ1) is 12.6. The van der Waals surface area contributed by atoms with Gasteiger partial charge in [-0.1, -0.05) is 12.1 Å². The summed E-state index contributed by atoms with van der Waals surface area (Å²) in [5, 5.41) is 3.50. The van der Waals surface area contributed by atoms with Crippen molar-refractivity contribution in [2.45, 2.75) is 18.9 Å². The number of piperazine rings is 1. The van der Waals surface area contributed by atoms with Crippen LogP contribution in [0.1, 0.15) is 24.4 Å². The van der Waals surface area contributed by atoms with Crippen molar-refractivity contribution in [2.24, 2.45) is 0 Å². The van der Waals surface area contributed by atoms with E-state index in [-0.39, 0.29) is 5.91 Å². The van der Waals surface area contributed by atoms with E-state index in [1.54, 1.807) is 0 Å². The van der Waals surface area contributed by atoms with Gasteiger partial charge in [0.15, 0.2) is 0 Å². The summed E-state index contributed by atoms with van der Waals surface area (Å²) in [5.41, 5.74) is 2.36. The molecule has 0 saturated carbocycles. The highest BCUT2D eigenvalue weighted by Crippen LogP contribution is 2.25. The Labute approximate surface area is 114 Å². The van der Waals surface area contributed by atoms with Gasteiger partial charge in [-0.25, -0.2) is 0 Å². The Morgan fingerprint density at radius 2 is 2.00 bits per heavy atom. The van der Waals surface area contributed by atoms with E-state index in [1.807, 2.05) is 11.9 Å². The molecule has 2 fully saturated rings. The van der Waals surface area contributed by atoms with Gasteiger partial charge in [0.1, 0.15) is 0 Å². The highest BCUT2D eigenvalue weighted by molar-refractivity contribution is 5.95. The van der Waals surface area contributed by atoms with Gasteiger partial charge in [-0.05, 0) is 44.1 Å². The number of carbonyl (C=O) groups is 1. The SMILES string of the molecule is CN1CCN(c2ccc(C3CCCN3)cc2)C(=O)C1. The number of nitrogens with one attached hydrogen (secondary N) is 1. The minimum Gasteiger partial charge on any atom is -0.310 e. The normalized spacial score (nSPS) is 25.0.